The number of ketones is 2. The summed E-state index contributed by atoms with van der Waals surface area (Å²) in [6.45, 7) is 10.0. The summed E-state index contributed by atoms with van der Waals surface area (Å²) in [5.41, 5.74) is 3.17. The fourth-order valence-electron chi connectivity index (χ4n) is 3.95. The Morgan fingerprint density at radius 1 is 1.33 bits per heavy atom. The molecule has 0 radical (unpaired) electrons. The molecular formula is C23H32O4. The quantitative estimate of drug-likeness (QED) is 0.369. The van der Waals surface area contributed by atoms with Crippen molar-refractivity contribution in [3.8, 4) is 0 Å². The van der Waals surface area contributed by atoms with Gasteiger partial charge < -0.3 is 9.84 Å². The number of carbonyl (C=O) groups excluding carboxylic acids is 2. The molecule has 27 heavy (non-hydrogen) atoms. The Labute approximate surface area is 162 Å². The SMILES string of the molecule is C=C(C)[C@@H]1CCC(C)=CC1C1=C(OCCO)C(=O)C(CCCCC)=CC1=O. The molecule has 1 unspecified atom stereocenters. The van der Waals surface area contributed by atoms with E-state index in [9.17, 15) is 14.7 Å². The van der Waals surface area contributed by atoms with E-state index < -0.39 is 0 Å². The van der Waals surface area contributed by atoms with Crippen LogP contribution in [0.2, 0.25) is 0 Å². The number of ether oxygens (including phenoxy) is 1. The highest BCUT2D eigenvalue weighted by Crippen LogP contribution is 2.41. The van der Waals surface area contributed by atoms with Crippen LogP contribution in [-0.2, 0) is 14.3 Å². The number of rotatable bonds is 9. The van der Waals surface area contributed by atoms with E-state index in [0.717, 1.165) is 37.7 Å². The highest BCUT2D eigenvalue weighted by Gasteiger charge is 2.38. The number of unbranched alkanes of at least 4 members (excludes halogenated alkanes) is 2. The molecule has 0 aliphatic heterocycles. The fraction of sp³-hybridized carbons (Fsp3) is 0.565. The molecule has 1 N–H and O–H groups in total. The number of aliphatic hydroxyl groups is 1. The van der Waals surface area contributed by atoms with Gasteiger partial charge in [0.05, 0.1) is 12.2 Å². The van der Waals surface area contributed by atoms with Gasteiger partial charge in [0.1, 0.15) is 6.61 Å². The number of hydrogen-bond acceptors (Lipinski definition) is 4. The van der Waals surface area contributed by atoms with E-state index in [2.05, 4.69) is 26.5 Å². The maximum Gasteiger partial charge on any atom is 0.224 e. The second-order valence-electron chi connectivity index (χ2n) is 7.67. The Hall–Kier alpha value is -1.94. The molecule has 0 saturated carbocycles. The molecule has 0 saturated heterocycles. The summed E-state index contributed by atoms with van der Waals surface area (Å²) in [5, 5.41) is 9.18. The van der Waals surface area contributed by atoms with Gasteiger partial charge in [-0.1, -0.05) is 43.6 Å². The van der Waals surface area contributed by atoms with Crippen LogP contribution in [0.15, 0.2) is 46.8 Å². The van der Waals surface area contributed by atoms with Gasteiger partial charge in [0.25, 0.3) is 0 Å². The minimum Gasteiger partial charge on any atom is -0.487 e. The number of Topliss-reactive ketones (excluding diaryl/α,β-unsaturated/α-hetero) is 1. The van der Waals surface area contributed by atoms with E-state index in [-0.39, 0.29) is 42.4 Å². The zero-order chi connectivity index (χ0) is 20.0. The van der Waals surface area contributed by atoms with E-state index in [1.165, 1.54) is 11.6 Å². The van der Waals surface area contributed by atoms with Crippen molar-refractivity contribution in [1.29, 1.82) is 0 Å². The molecule has 2 atom stereocenters. The van der Waals surface area contributed by atoms with Crippen molar-refractivity contribution in [2.45, 2.75) is 59.3 Å². The van der Waals surface area contributed by atoms with Crippen LogP contribution < -0.4 is 0 Å². The summed E-state index contributed by atoms with van der Waals surface area (Å²) in [6, 6.07) is 0. The Balaban J connectivity index is 2.44. The van der Waals surface area contributed by atoms with Gasteiger partial charge in [0.2, 0.25) is 5.78 Å². The first-order valence-electron chi connectivity index (χ1n) is 10.0. The minimum absolute atomic E-state index is 0.00719. The van der Waals surface area contributed by atoms with Gasteiger partial charge in [0, 0.05) is 11.5 Å². The van der Waals surface area contributed by atoms with E-state index in [0.29, 0.717) is 17.6 Å². The molecule has 2 aliphatic rings. The van der Waals surface area contributed by atoms with Crippen molar-refractivity contribution in [2.75, 3.05) is 13.2 Å². The predicted molar refractivity (Wildman–Crippen MR) is 107 cm³/mol. The third kappa shape index (κ3) is 5.07. The van der Waals surface area contributed by atoms with Crippen molar-refractivity contribution in [3.63, 3.8) is 0 Å². The normalized spacial score (nSPS) is 23.3. The number of allylic oxidation sites excluding steroid dienone is 6. The van der Waals surface area contributed by atoms with Gasteiger partial charge in [-0.2, -0.15) is 0 Å². The maximum absolute atomic E-state index is 13.1. The molecule has 0 spiro atoms. The molecule has 2 rings (SSSR count). The van der Waals surface area contributed by atoms with Crippen LogP contribution in [0.1, 0.15) is 59.3 Å². The lowest BCUT2D eigenvalue weighted by Gasteiger charge is -2.33. The molecule has 0 aromatic rings. The van der Waals surface area contributed by atoms with Crippen LogP contribution in [0.25, 0.3) is 0 Å². The van der Waals surface area contributed by atoms with E-state index in [1.54, 1.807) is 0 Å². The molecule has 2 aliphatic carbocycles. The zero-order valence-corrected chi connectivity index (χ0v) is 16.8. The van der Waals surface area contributed by atoms with Gasteiger partial charge in [-0.05, 0) is 51.5 Å². The summed E-state index contributed by atoms with van der Waals surface area (Å²) in [4.78, 5) is 26.1. The van der Waals surface area contributed by atoms with Crippen LogP contribution in [0.4, 0.5) is 0 Å². The molecular weight excluding hydrogens is 340 g/mol. The highest BCUT2D eigenvalue weighted by atomic mass is 16.5. The van der Waals surface area contributed by atoms with E-state index >= 15 is 0 Å². The number of aliphatic hydroxyl groups excluding tert-OH is 1. The van der Waals surface area contributed by atoms with E-state index in [1.807, 2.05) is 6.92 Å². The highest BCUT2D eigenvalue weighted by molar-refractivity contribution is 6.22. The third-order valence-electron chi connectivity index (χ3n) is 5.41. The van der Waals surface area contributed by atoms with Gasteiger partial charge in [-0.25, -0.2) is 0 Å². The molecule has 4 nitrogen and oxygen atoms in total. The van der Waals surface area contributed by atoms with E-state index in [4.69, 9.17) is 4.74 Å². The predicted octanol–water partition coefficient (Wildman–Crippen LogP) is 4.46. The summed E-state index contributed by atoms with van der Waals surface area (Å²) in [6.07, 6.45) is 9.00. The maximum atomic E-state index is 13.1. The first-order valence-corrected chi connectivity index (χ1v) is 10.0. The standard InChI is InChI=1S/C23H32O4/c1-5-6-7-8-17-14-20(25)21(23(22(17)26)27-12-11-24)19-13-16(4)9-10-18(19)15(2)3/h13-14,18-19,24H,2,5-12H2,1,3-4H3/t18-,19?/m0/s1. The van der Waals surface area contributed by atoms with Crippen molar-refractivity contribution >= 4 is 11.6 Å². The zero-order valence-electron chi connectivity index (χ0n) is 16.8. The third-order valence-corrected chi connectivity index (χ3v) is 5.41. The fourth-order valence-corrected chi connectivity index (χ4v) is 3.95. The Morgan fingerprint density at radius 3 is 2.70 bits per heavy atom. The molecule has 0 fully saturated rings. The topological polar surface area (TPSA) is 63.6 Å². The van der Waals surface area contributed by atoms with Crippen molar-refractivity contribution in [1.82, 2.24) is 0 Å². The Kier molecular flexibility index (Phi) is 7.78. The summed E-state index contributed by atoms with van der Waals surface area (Å²) in [5.74, 6) is -0.300. The van der Waals surface area contributed by atoms with Gasteiger partial charge in [-0.15, -0.1) is 0 Å². The molecule has 0 amide bonds. The number of carbonyl (C=O) groups is 2. The average molecular weight is 373 g/mol. The van der Waals surface area contributed by atoms with Crippen LogP contribution in [-0.4, -0.2) is 29.9 Å². The molecule has 0 aromatic heterocycles. The second-order valence-corrected chi connectivity index (χ2v) is 7.67. The van der Waals surface area contributed by atoms with Crippen LogP contribution >= 0.6 is 0 Å². The average Bonchev–Trinajstić information content (AvgIpc) is 2.62. The second kappa shape index (κ2) is 9.84. The van der Waals surface area contributed by atoms with Crippen LogP contribution in [0.5, 0.6) is 0 Å². The monoisotopic (exact) mass is 372 g/mol. The molecule has 4 heteroatoms. The first-order chi connectivity index (χ1) is 12.9. The lowest BCUT2D eigenvalue weighted by Crippen LogP contribution is -2.30. The molecule has 0 heterocycles. The molecule has 0 bridgehead atoms. The lowest BCUT2D eigenvalue weighted by molar-refractivity contribution is -0.119. The smallest absolute Gasteiger partial charge is 0.224 e. The minimum atomic E-state index is -0.203. The van der Waals surface area contributed by atoms with Crippen molar-refractivity contribution in [2.24, 2.45) is 11.8 Å². The summed E-state index contributed by atoms with van der Waals surface area (Å²) < 4.78 is 5.64. The lowest BCUT2D eigenvalue weighted by atomic mass is 9.71. The Morgan fingerprint density at radius 2 is 2.07 bits per heavy atom. The van der Waals surface area contributed by atoms with Gasteiger partial charge in [-0.3, -0.25) is 9.59 Å². The van der Waals surface area contributed by atoms with Gasteiger partial charge in [0.15, 0.2) is 11.5 Å². The van der Waals surface area contributed by atoms with Crippen molar-refractivity contribution < 1.29 is 19.4 Å². The largest absolute Gasteiger partial charge is 0.487 e. The van der Waals surface area contributed by atoms with Crippen LogP contribution in [0.3, 0.4) is 0 Å². The Bertz CT molecular complexity index is 693. The molecule has 148 valence electrons. The number of hydrogen-bond donors (Lipinski definition) is 1. The molecule has 0 aromatic carbocycles. The first kappa shape index (κ1) is 21.4. The van der Waals surface area contributed by atoms with Gasteiger partial charge >= 0.3 is 0 Å². The van der Waals surface area contributed by atoms with Crippen molar-refractivity contribution in [3.05, 3.63) is 46.8 Å². The summed E-state index contributed by atoms with van der Waals surface area (Å²) >= 11 is 0. The van der Waals surface area contributed by atoms with Crippen LogP contribution in [0, 0.1) is 11.8 Å². The summed E-state index contributed by atoms with van der Waals surface area (Å²) in [7, 11) is 0.